The highest BCUT2D eigenvalue weighted by molar-refractivity contribution is 6.74. The molecule has 0 aliphatic rings. The van der Waals surface area contributed by atoms with Crippen LogP contribution in [-0.4, -0.2) is 43.0 Å². The van der Waals surface area contributed by atoms with Crippen molar-refractivity contribution in [3.05, 3.63) is 94.8 Å². The lowest BCUT2D eigenvalue weighted by Crippen LogP contribution is -2.40. The van der Waals surface area contributed by atoms with Gasteiger partial charge in [-0.3, -0.25) is 4.79 Å². The summed E-state index contributed by atoms with van der Waals surface area (Å²) < 4.78 is 17.9. The van der Waals surface area contributed by atoms with Crippen LogP contribution in [0.1, 0.15) is 72.0 Å². The van der Waals surface area contributed by atoms with Gasteiger partial charge in [0.25, 0.3) is 0 Å². The van der Waals surface area contributed by atoms with Gasteiger partial charge in [-0.1, -0.05) is 82.3 Å². The maximum absolute atomic E-state index is 13.2. The number of allylic oxidation sites excluding steroid dienone is 5. The Kier molecular flexibility index (Phi) is 13.6. The Morgan fingerprint density at radius 1 is 1.14 bits per heavy atom. The highest BCUT2D eigenvalue weighted by Gasteiger charge is 2.36. The van der Waals surface area contributed by atoms with Crippen LogP contribution < -0.4 is 0 Å². The van der Waals surface area contributed by atoms with Gasteiger partial charge in [0.1, 0.15) is 12.0 Å². The van der Waals surface area contributed by atoms with Gasteiger partial charge in [-0.2, -0.15) is 0 Å². The number of aryl methyl sites for hydroxylation is 1. The number of Topliss-reactive ketones (excluding diaryl/α,β-unsaturated/α-hetero) is 1. The Bertz CT molecular complexity index is 1260. The minimum atomic E-state index is -1.89. The summed E-state index contributed by atoms with van der Waals surface area (Å²) in [4.78, 5) is 17.5. The van der Waals surface area contributed by atoms with Crippen LogP contribution in [0.5, 0.6) is 0 Å². The van der Waals surface area contributed by atoms with Crippen molar-refractivity contribution in [2.24, 2.45) is 5.92 Å². The van der Waals surface area contributed by atoms with E-state index >= 15 is 0 Å². The smallest absolute Gasteiger partial charge is 0.192 e. The van der Waals surface area contributed by atoms with Crippen molar-refractivity contribution < 1.29 is 23.5 Å². The van der Waals surface area contributed by atoms with E-state index in [9.17, 15) is 9.90 Å². The van der Waals surface area contributed by atoms with E-state index in [-0.39, 0.29) is 16.9 Å². The molecule has 3 atom stereocenters. The topological polar surface area (TPSA) is 81.8 Å². The number of aromatic nitrogens is 1. The zero-order chi connectivity index (χ0) is 31.5. The minimum Gasteiger partial charge on any atom is -0.449 e. The maximum atomic E-state index is 13.2. The number of ether oxygens (including phenoxy) is 1. The summed E-state index contributed by atoms with van der Waals surface area (Å²) in [6.07, 6.45) is 10.2. The van der Waals surface area contributed by atoms with Gasteiger partial charge in [-0.15, -0.1) is 0 Å². The standard InChI is InChI=1S/C35H51NO5Si/c1-25(21-31-24-39-29(5)36-31)15-14-16-27(3)34(38)28(4)32(37)22-33(40-23-30-17-12-11-13-18-30)26(2)19-20-41-42(9,10)35(6,7)8/h11-19,21,24,28,32-33,37H,20,22-23H2,1-10H3/b15-14+,25-21+,26-19+,27-16+/t28-,32+,33-/m0/s1. The molecule has 1 N–H and O–H groups in total. The number of hydrogen-bond acceptors (Lipinski definition) is 6. The molecule has 0 bridgehead atoms. The molecule has 1 aromatic heterocycles. The Labute approximate surface area is 254 Å². The Hall–Kier alpha value is -2.84. The van der Waals surface area contributed by atoms with Gasteiger partial charge in [0.05, 0.1) is 25.4 Å². The quantitative estimate of drug-likeness (QED) is 0.0966. The van der Waals surface area contributed by atoms with E-state index in [1.807, 2.05) is 62.4 Å². The fourth-order valence-corrected chi connectivity index (χ4v) is 4.93. The fourth-order valence-electron chi connectivity index (χ4n) is 4.00. The van der Waals surface area contributed by atoms with E-state index < -0.39 is 20.3 Å². The van der Waals surface area contributed by atoms with Crippen molar-refractivity contribution in [2.75, 3.05) is 6.61 Å². The lowest BCUT2D eigenvalue weighted by atomic mass is 9.90. The van der Waals surface area contributed by atoms with Gasteiger partial charge in [-0.05, 0) is 67.3 Å². The van der Waals surface area contributed by atoms with Crippen LogP contribution in [0.4, 0.5) is 0 Å². The van der Waals surface area contributed by atoms with Crippen LogP contribution in [0.2, 0.25) is 18.1 Å². The number of nitrogens with zero attached hydrogens (tertiary/aromatic N) is 1. The zero-order valence-electron chi connectivity index (χ0n) is 27.2. The van der Waals surface area contributed by atoms with Gasteiger partial charge < -0.3 is 18.7 Å². The lowest BCUT2D eigenvalue weighted by molar-refractivity contribution is -0.122. The summed E-state index contributed by atoms with van der Waals surface area (Å²) in [7, 11) is -1.89. The number of aliphatic hydroxyl groups excluding tert-OH is 1. The number of rotatable bonds is 15. The van der Waals surface area contributed by atoms with Crippen LogP contribution in [0.25, 0.3) is 6.08 Å². The molecule has 0 saturated carbocycles. The second-order valence-corrected chi connectivity index (χ2v) is 17.5. The summed E-state index contributed by atoms with van der Waals surface area (Å²) in [6, 6.07) is 9.97. The first-order valence-corrected chi connectivity index (χ1v) is 17.7. The van der Waals surface area contributed by atoms with Crippen LogP contribution >= 0.6 is 0 Å². The molecule has 1 aromatic carbocycles. The number of ketones is 1. The molecule has 0 unspecified atom stereocenters. The van der Waals surface area contributed by atoms with E-state index in [0.29, 0.717) is 31.1 Å². The van der Waals surface area contributed by atoms with Crippen molar-refractivity contribution in [2.45, 2.75) is 98.8 Å². The second kappa shape index (κ2) is 16.1. The Morgan fingerprint density at radius 3 is 2.40 bits per heavy atom. The number of benzene rings is 1. The molecule has 0 spiro atoms. The summed E-state index contributed by atoms with van der Waals surface area (Å²) in [5, 5.41) is 11.3. The van der Waals surface area contributed by atoms with E-state index in [1.165, 1.54) is 0 Å². The third-order valence-corrected chi connectivity index (χ3v) is 12.5. The molecule has 0 aliphatic carbocycles. The summed E-state index contributed by atoms with van der Waals surface area (Å²) >= 11 is 0. The molecule has 6 nitrogen and oxygen atoms in total. The van der Waals surface area contributed by atoms with Crippen molar-refractivity contribution in [1.29, 1.82) is 0 Å². The molecule has 0 saturated heterocycles. The van der Waals surface area contributed by atoms with E-state index in [4.69, 9.17) is 13.6 Å². The zero-order valence-corrected chi connectivity index (χ0v) is 28.2. The number of aliphatic hydroxyl groups is 1. The molecule has 1 heterocycles. The fraction of sp³-hybridized carbons (Fsp3) is 0.486. The average Bonchev–Trinajstić information content (AvgIpc) is 3.33. The van der Waals surface area contributed by atoms with Crippen LogP contribution in [0, 0.1) is 12.8 Å². The number of carbonyl (C=O) groups excluding carboxylic acids is 1. The van der Waals surface area contributed by atoms with Gasteiger partial charge in [0, 0.05) is 19.3 Å². The molecule has 0 fully saturated rings. The SMILES string of the molecule is CC(/C=C/C=C(\C)C(=O)[C@@H](C)[C@H](O)C[C@H](OCc1ccccc1)/C(C)=C/CO[Si](C)(C)C(C)(C)C)=C\c1coc(C)n1. The van der Waals surface area contributed by atoms with Crippen molar-refractivity contribution in [3.63, 3.8) is 0 Å². The number of carbonyl (C=O) groups is 1. The highest BCUT2D eigenvalue weighted by atomic mass is 28.4. The third-order valence-electron chi connectivity index (χ3n) is 8.01. The van der Waals surface area contributed by atoms with Crippen LogP contribution in [0.15, 0.2) is 82.0 Å². The first-order chi connectivity index (χ1) is 19.6. The van der Waals surface area contributed by atoms with Crippen LogP contribution in [0.3, 0.4) is 0 Å². The van der Waals surface area contributed by atoms with Crippen molar-refractivity contribution in [1.82, 2.24) is 4.98 Å². The number of hydrogen-bond donors (Lipinski definition) is 1. The molecule has 230 valence electrons. The molecule has 0 amide bonds. The molecule has 2 rings (SSSR count). The second-order valence-electron chi connectivity index (χ2n) is 12.6. The number of oxazole rings is 1. The maximum Gasteiger partial charge on any atom is 0.192 e. The first-order valence-electron chi connectivity index (χ1n) is 14.7. The van der Waals surface area contributed by atoms with Gasteiger partial charge in [0.2, 0.25) is 0 Å². The predicted molar refractivity (Wildman–Crippen MR) is 175 cm³/mol. The van der Waals surface area contributed by atoms with Crippen molar-refractivity contribution in [3.8, 4) is 0 Å². The first kappa shape index (κ1) is 35.4. The lowest BCUT2D eigenvalue weighted by Gasteiger charge is -2.36. The van der Waals surface area contributed by atoms with E-state index in [1.54, 1.807) is 33.1 Å². The monoisotopic (exact) mass is 593 g/mol. The minimum absolute atomic E-state index is 0.0920. The molecule has 0 radical (unpaired) electrons. The van der Waals surface area contributed by atoms with Gasteiger partial charge in [-0.25, -0.2) is 4.98 Å². The van der Waals surface area contributed by atoms with E-state index in [0.717, 1.165) is 22.4 Å². The highest BCUT2D eigenvalue weighted by Crippen LogP contribution is 2.36. The average molecular weight is 594 g/mol. The molecular formula is C35H51NO5Si. The Morgan fingerprint density at radius 2 is 1.81 bits per heavy atom. The normalized spacial score (nSPS) is 16.1. The summed E-state index contributed by atoms with van der Waals surface area (Å²) in [5.41, 5.74) is 4.36. The third kappa shape index (κ3) is 11.4. The van der Waals surface area contributed by atoms with Gasteiger partial charge in [0.15, 0.2) is 20.0 Å². The van der Waals surface area contributed by atoms with Gasteiger partial charge >= 0.3 is 0 Å². The molecule has 42 heavy (non-hydrogen) atoms. The molecule has 0 aliphatic heterocycles. The molecule has 2 aromatic rings. The Balaban J connectivity index is 2.09. The van der Waals surface area contributed by atoms with Crippen molar-refractivity contribution >= 4 is 20.2 Å². The predicted octanol–water partition coefficient (Wildman–Crippen LogP) is 8.40. The summed E-state index contributed by atoms with van der Waals surface area (Å²) in [6.45, 7) is 21.4. The van der Waals surface area contributed by atoms with Crippen LogP contribution in [-0.2, 0) is 20.6 Å². The summed E-state index contributed by atoms with van der Waals surface area (Å²) in [5.74, 6) is -0.0566. The van der Waals surface area contributed by atoms with E-state index in [2.05, 4.69) is 44.9 Å². The largest absolute Gasteiger partial charge is 0.449 e. The molecular weight excluding hydrogens is 542 g/mol. The molecule has 7 heteroatoms.